The normalized spacial score (nSPS) is 15.1. The Morgan fingerprint density at radius 1 is 1.17 bits per heavy atom. The van der Waals surface area contributed by atoms with Crippen molar-refractivity contribution in [2.24, 2.45) is 0 Å². The number of ether oxygens (including phenoxy) is 2. The Morgan fingerprint density at radius 3 is 2.39 bits per heavy atom. The van der Waals surface area contributed by atoms with Gasteiger partial charge < -0.3 is 19.7 Å². The molecule has 5 heteroatoms. The summed E-state index contributed by atoms with van der Waals surface area (Å²) in [5.41, 5.74) is 2.37. The van der Waals surface area contributed by atoms with E-state index in [1.54, 1.807) is 14.2 Å². The second kappa shape index (κ2) is 8.39. The molecule has 0 unspecified atom stereocenters. The van der Waals surface area contributed by atoms with Gasteiger partial charge in [0.1, 0.15) is 0 Å². The van der Waals surface area contributed by atoms with Gasteiger partial charge in [0.05, 0.1) is 14.2 Å². The Morgan fingerprint density at radius 2 is 1.78 bits per heavy atom. The number of nitrogens with one attached hydrogen (secondary N) is 1. The Balaban J connectivity index is 2.01. The molecule has 0 atom stereocenters. The summed E-state index contributed by atoms with van der Waals surface area (Å²) in [4.78, 5) is 2.10. The Labute approximate surface area is 145 Å². The van der Waals surface area contributed by atoms with Crippen LogP contribution in [0.1, 0.15) is 43.2 Å². The lowest BCUT2D eigenvalue weighted by molar-refractivity contribution is 0.353. The van der Waals surface area contributed by atoms with Gasteiger partial charge in [-0.1, -0.05) is 19.3 Å². The minimum Gasteiger partial charge on any atom is -0.493 e. The average Bonchev–Trinajstić information content (AvgIpc) is 2.57. The van der Waals surface area contributed by atoms with Crippen LogP contribution in [0, 0.1) is 6.92 Å². The summed E-state index contributed by atoms with van der Waals surface area (Å²) in [5.74, 6) is 1.52. The largest absolute Gasteiger partial charge is 0.493 e. The third-order valence-corrected chi connectivity index (χ3v) is 4.96. The fraction of sp³-hybridized carbons (Fsp3) is 0.611. The fourth-order valence-corrected chi connectivity index (χ4v) is 3.28. The van der Waals surface area contributed by atoms with Crippen molar-refractivity contribution in [1.29, 1.82) is 0 Å². The van der Waals surface area contributed by atoms with E-state index in [9.17, 15) is 0 Å². The molecule has 0 bridgehead atoms. The first-order valence-electron chi connectivity index (χ1n) is 8.28. The van der Waals surface area contributed by atoms with E-state index in [2.05, 4.69) is 17.1 Å². The van der Waals surface area contributed by atoms with Gasteiger partial charge >= 0.3 is 0 Å². The zero-order valence-electron chi connectivity index (χ0n) is 14.6. The molecular formula is C18H28N2O2S. The molecule has 128 valence electrons. The van der Waals surface area contributed by atoms with Crippen molar-refractivity contribution in [3.8, 4) is 11.5 Å². The second-order valence-corrected chi connectivity index (χ2v) is 6.66. The Bertz CT molecular complexity index is 542. The predicted molar refractivity (Wildman–Crippen MR) is 98.4 cm³/mol. The van der Waals surface area contributed by atoms with Crippen molar-refractivity contribution in [2.75, 3.05) is 21.3 Å². The lowest BCUT2D eigenvalue weighted by Crippen LogP contribution is -2.43. The van der Waals surface area contributed by atoms with E-state index >= 15 is 0 Å². The zero-order chi connectivity index (χ0) is 16.8. The molecule has 2 rings (SSSR count). The Hall–Kier alpha value is -1.49. The summed E-state index contributed by atoms with van der Waals surface area (Å²) in [5, 5.41) is 4.34. The molecule has 1 aromatic rings. The summed E-state index contributed by atoms with van der Waals surface area (Å²) in [7, 11) is 5.36. The average molecular weight is 337 g/mol. The highest BCUT2D eigenvalue weighted by Gasteiger charge is 2.17. The molecule has 0 aromatic heterocycles. The van der Waals surface area contributed by atoms with Crippen LogP contribution < -0.4 is 14.8 Å². The van der Waals surface area contributed by atoms with Crippen LogP contribution >= 0.6 is 12.2 Å². The lowest BCUT2D eigenvalue weighted by atomic mass is 9.96. The van der Waals surface area contributed by atoms with Gasteiger partial charge in [-0.15, -0.1) is 0 Å². The van der Waals surface area contributed by atoms with E-state index in [0.29, 0.717) is 6.04 Å². The maximum absolute atomic E-state index is 5.57. The first kappa shape index (κ1) is 17.9. The van der Waals surface area contributed by atoms with E-state index < -0.39 is 0 Å². The topological polar surface area (TPSA) is 33.7 Å². The molecule has 23 heavy (non-hydrogen) atoms. The summed E-state index contributed by atoms with van der Waals surface area (Å²) >= 11 is 5.57. The predicted octanol–water partition coefficient (Wildman–Crippen LogP) is 3.65. The van der Waals surface area contributed by atoms with Crippen molar-refractivity contribution in [2.45, 2.75) is 51.6 Å². The highest BCUT2D eigenvalue weighted by molar-refractivity contribution is 7.80. The van der Waals surface area contributed by atoms with Crippen LogP contribution in [0.3, 0.4) is 0 Å². The fourth-order valence-electron chi connectivity index (χ4n) is 3.05. The number of thiocarbonyl (C=S) groups is 1. The minimum absolute atomic E-state index is 0.533. The highest BCUT2D eigenvalue weighted by Crippen LogP contribution is 2.30. The molecule has 1 N–H and O–H groups in total. The number of hydrogen-bond donors (Lipinski definition) is 1. The highest BCUT2D eigenvalue weighted by atomic mass is 32.1. The van der Waals surface area contributed by atoms with Gasteiger partial charge in [-0.3, -0.25) is 0 Å². The quantitative estimate of drug-likeness (QED) is 0.830. The van der Waals surface area contributed by atoms with Crippen molar-refractivity contribution in [1.82, 2.24) is 10.2 Å². The summed E-state index contributed by atoms with van der Waals surface area (Å²) in [6.07, 6.45) is 6.41. The monoisotopic (exact) mass is 336 g/mol. The van der Waals surface area contributed by atoms with Crippen molar-refractivity contribution < 1.29 is 9.47 Å². The molecule has 0 amide bonds. The molecule has 4 nitrogen and oxygen atoms in total. The molecule has 1 fully saturated rings. The van der Waals surface area contributed by atoms with E-state index in [0.717, 1.165) is 23.2 Å². The van der Waals surface area contributed by atoms with Gasteiger partial charge in [-0.25, -0.2) is 0 Å². The molecule has 0 spiro atoms. The second-order valence-electron chi connectivity index (χ2n) is 6.27. The van der Waals surface area contributed by atoms with Crippen LogP contribution in [0.2, 0.25) is 0 Å². The molecule has 1 aliphatic carbocycles. The maximum atomic E-state index is 5.57. The molecular weight excluding hydrogens is 308 g/mol. The number of benzene rings is 1. The number of rotatable bonds is 5. The smallest absolute Gasteiger partial charge is 0.169 e. The van der Waals surface area contributed by atoms with Gasteiger partial charge in [0.25, 0.3) is 0 Å². The van der Waals surface area contributed by atoms with Crippen LogP contribution in [0.25, 0.3) is 0 Å². The Kier molecular flexibility index (Phi) is 6.51. The number of methoxy groups -OCH3 is 2. The van der Waals surface area contributed by atoms with E-state index in [1.807, 2.05) is 19.2 Å². The third-order valence-electron chi connectivity index (χ3n) is 4.53. The van der Waals surface area contributed by atoms with Crippen LogP contribution in [0.4, 0.5) is 0 Å². The molecule has 1 aromatic carbocycles. The molecule has 0 heterocycles. The van der Waals surface area contributed by atoms with Gasteiger partial charge in [-0.2, -0.15) is 0 Å². The van der Waals surface area contributed by atoms with E-state index in [1.165, 1.54) is 43.2 Å². The first-order valence-corrected chi connectivity index (χ1v) is 8.69. The van der Waals surface area contributed by atoms with Crippen LogP contribution in [0.5, 0.6) is 11.5 Å². The molecule has 1 saturated carbocycles. The maximum Gasteiger partial charge on any atom is 0.169 e. The van der Waals surface area contributed by atoms with Gasteiger partial charge in [0.2, 0.25) is 0 Å². The zero-order valence-corrected chi connectivity index (χ0v) is 15.5. The first-order chi connectivity index (χ1) is 11.0. The summed E-state index contributed by atoms with van der Waals surface area (Å²) < 4.78 is 10.8. The van der Waals surface area contributed by atoms with Gasteiger partial charge in [0, 0.05) is 19.6 Å². The van der Waals surface area contributed by atoms with Gasteiger partial charge in [-0.05, 0) is 55.2 Å². The minimum atomic E-state index is 0.533. The molecule has 0 radical (unpaired) electrons. The van der Waals surface area contributed by atoms with Gasteiger partial charge in [0.15, 0.2) is 16.6 Å². The number of aryl methyl sites for hydroxylation is 1. The third kappa shape index (κ3) is 4.74. The SMILES string of the molecule is COc1cc(C)c(CN(C)C(=S)NC2CCCCC2)cc1OC. The van der Waals surface area contributed by atoms with E-state index in [-0.39, 0.29) is 0 Å². The number of hydrogen-bond acceptors (Lipinski definition) is 3. The van der Waals surface area contributed by atoms with Crippen LogP contribution in [-0.4, -0.2) is 37.3 Å². The number of nitrogens with zero attached hydrogens (tertiary/aromatic N) is 1. The van der Waals surface area contributed by atoms with Crippen LogP contribution in [0.15, 0.2) is 12.1 Å². The summed E-state index contributed by atoms with van der Waals surface area (Å²) in [6.45, 7) is 2.84. The van der Waals surface area contributed by atoms with Crippen molar-refractivity contribution >= 4 is 17.3 Å². The molecule has 0 saturated heterocycles. The standard InChI is InChI=1S/C18H28N2O2S/c1-13-10-16(21-3)17(22-4)11-14(13)12-20(2)18(23)19-15-8-6-5-7-9-15/h10-11,15H,5-9,12H2,1-4H3,(H,19,23). The molecule has 1 aliphatic rings. The van der Waals surface area contributed by atoms with Crippen LogP contribution in [-0.2, 0) is 6.54 Å². The molecule has 0 aliphatic heterocycles. The summed E-state index contributed by atoms with van der Waals surface area (Å²) in [6, 6.07) is 4.58. The van der Waals surface area contributed by atoms with Crippen molar-refractivity contribution in [3.05, 3.63) is 23.3 Å². The lowest BCUT2D eigenvalue weighted by Gasteiger charge is -2.29. The van der Waals surface area contributed by atoms with Crippen molar-refractivity contribution in [3.63, 3.8) is 0 Å². The van der Waals surface area contributed by atoms with E-state index in [4.69, 9.17) is 21.7 Å².